The molecule has 0 unspecified atom stereocenters. The SMILES string of the molecule is CC1(C)c2ccccc2-c2c1c1c(c3ccccc23)c2ccccc2n1-c1ccc(-c2nc(-c3ccccc3)nc(-c3ccccc3)n2)cc1.CC1(C)c2ccccc2-c2c1c1c(c3ccccc23)c2ccccc2n1-c1cccc(-c2nc(-c3ccccc3)nc(-c3ccccc3)n2)c1.CC1(C)c2ccccc2-c2c1c1c(c3ccccc23)c2ccccc2n1-c1nc(-c2ccccc2)c2c(n1)sc1ccccc12. The van der Waals surface area contributed by atoms with Crippen molar-refractivity contribution in [3.63, 3.8) is 0 Å². The molecule has 27 aromatic rings. The molecule has 145 heavy (non-hydrogen) atoms. The lowest BCUT2D eigenvalue weighted by Crippen LogP contribution is -2.17. The minimum Gasteiger partial charge on any atom is -0.309 e. The number of nitrogens with zero attached hydrogens (tertiary/aromatic N) is 11. The molecule has 0 atom stereocenters. The summed E-state index contributed by atoms with van der Waals surface area (Å²) in [5, 5.41) is 17.6. The van der Waals surface area contributed by atoms with E-state index in [-0.39, 0.29) is 16.2 Å². The molecule has 12 heteroatoms. The topological polar surface area (TPSA) is 118 Å². The molecule has 0 saturated carbocycles. The second-order valence-electron chi connectivity index (χ2n) is 39.8. The molecule has 11 nitrogen and oxygen atoms in total. The molecule has 0 saturated heterocycles. The van der Waals surface area contributed by atoms with Crippen molar-refractivity contribution >= 4 is 129 Å². The predicted octanol–water partition coefficient (Wildman–Crippen LogP) is 33.9. The van der Waals surface area contributed by atoms with Crippen molar-refractivity contribution in [3.05, 3.63) is 476 Å². The molecule has 3 aliphatic carbocycles. The van der Waals surface area contributed by atoms with E-state index in [1.54, 1.807) is 11.3 Å². The van der Waals surface area contributed by atoms with E-state index in [0.717, 1.165) is 71.7 Å². The van der Waals surface area contributed by atoms with Gasteiger partial charge in [0, 0.05) is 114 Å². The Bertz CT molecular complexity index is 9920. The maximum Gasteiger partial charge on any atom is 0.236 e. The lowest BCUT2D eigenvalue weighted by atomic mass is 9.80. The van der Waals surface area contributed by atoms with Crippen LogP contribution in [0.15, 0.2) is 443 Å². The summed E-state index contributed by atoms with van der Waals surface area (Å²) in [5.41, 5.74) is 32.7. The summed E-state index contributed by atoms with van der Waals surface area (Å²) in [5.74, 6) is 4.62. The minimum absolute atomic E-state index is 0.188. The molecule has 20 aromatic carbocycles. The van der Waals surface area contributed by atoms with Crippen LogP contribution in [0.3, 0.4) is 0 Å². The first-order valence-electron chi connectivity index (χ1n) is 49.7. The fraction of sp³-hybridized carbons (Fsp3) is 0.0677. The third-order valence-electron chi connectivity index (χ3n) is 30.6. The number of hydrogen-bond acceptors (Lipinski definition) is 9. The highest BCUT2D eigenvalue weighted by molar-refractivity contribution is 7.25. The molecule has 30 rings (SSSR count). The number of para-hydroxylation sites is 3. The van der Waals surface area contributed by atoms with Gasteiger partial charge in [-0.2, -0.15) is 0 Å². The van der Waals surface area contributed by atoms with Gasteiger partial charge in [0.25, 0.3) is 0 Å². The van der Waals surface area contributed by atoms with E-state index in [2.05, 4.69) is 377 Å². The molecule has 0 amide bonds. The molecular weight excluding hydrogens is 1780 g/mol. The Morgan fingerprint density at radius 2 is 0.497 bits per heavy atom. The number of rotatable bonds is 10. The molecular formula is C133H91N11S. The van der Waals surface area contributed by atoms with Crippen LogP contribution in [0.1, 0.15) is 74.9 Å². The quantitative estimate of drug-likeness (QED) is 0.133. The molecule has 0 radical (unpaired) electrons. The van der Waals surface area contributed by atoms with Crippen LogP contribution in [0.5, 0.6) is 0 Å². The Morgan fingerprint density at radius 3 is 0.890 bits per heavy atom. The Balaban J connectivity index is 0.000000106. The fourth-order valence-electron chi connectivity index (χ4n) is 24.3. The minimum atomic E-state index is -0.218. The van der Waals surface area contributed by atoms with E-state index in [4.69, 9.17) is 39.9 Å². The molecule has 0 spiro atoms. The van der Waals surface area contributed by atoms with Crippen molar-refractivity contribution in [1.29, 1.82) is 0 Å². The van der Waals surface area contributed by atoms with Crippen molar-refractivity contribution < 1.29 is 0 Å². The van der Waals surface area contributed by atoms with E-state index in [9.17, 15) is 0 Å². The van der Waals surface area contributed by atoms with Crippen LogP contribution in [0, 0.1) is 0 Å². The smallest absolute Gasteiger partial charge is 0.236 e. The summed E-state index contributed by atoms with van der Waals surface area (Å²) in [6.45, 7) is 14.3. The number of aromatic nitrogens is 11. The van der Waals surface area contributed by atoms with Gasteiger partial charge in [-0.1, -0.05) is 424 Å². The normalized spacial score (nSPS) is 13.3. The maximum atomic E-state index is 5.50. The maximum absolute atomic E-state index is 5.50. The van der Waals surface area contributed by atoms with Crippen LogP contribution in [-0.4, -0.2) is 53.6 Å². The molecule has 7 heterocycles. The van der Waals surface area contributed by atoms with Crippen molar-refractivity contribution in [2.45, 2.75) is 57.8 Å². The fourth-order valence-corrected chi connectivity index (χ4v) is 25.3. The average molecular weight is 1880 g/mol. The third kappa shape index (κ3) is 13.1. The van der Waals surface area contributed by atoms with Gasteiger partial charge in [0.05, 0.1) is 38.8 Å². The Morgan fingerprint density at radius 1 is 0.207 bits per heavy atom. The summed E-state index contributed by atoms with van der Waals surface area (Å²) >= 11 is 1.75. The Hall–Kier alpha value is -18.1. The number of benzene rings is 20. The van der Waals surface area contributed by atoms with E-state index >= 15 is 0 Å². The monoisotopic (exact) mass is 1870 g/mol. The van der Waals surface area contributed by atoms with Gasteiger partial charge < -0.3 is 9.13 Å². The summed E-state index contributed by atoms with van der Waals surface area (Å²) in [7, 11) is 0. The zero-order valence-corrected chi connectivity index (χ0v) is 81.3. The van der Waals surface area contributed by atoms with Gasteiger partial charge in [-0.3, -0.25) is 4.57 Å². The second kappa shape index (κ2) is 33.0. The zero-order chi connectivity index (χ0) is 96.7. The van der Waals surface area contributed by atoms with Gasteiger partial charge in [0.2, 0.25) is 5.95 Å². The molecule has 0 fully saturated rings. The van der Waals surface area contributed by atoms with Crippen LogP contribution in [-0.2, 0) is 16.2 Å². The second-order valence-corrected chi connectivity index (χ2v) is 40.8. The van der Waals surface area contributed by atoms with E-state index in [0.29, 0.717) is 40.9 Å². The van der Waals surface area contributed by atoms with Gasteiger partial charge in [-0.15, -0.1) is 11.3 Å². The average Bonchev–Trinajstić information content (AvgIpc) is 1.54. The standard InChI is InChI=1S/2C46H32N4.C41H27N3S/c1-46(2)37-26-13-11-24-35(37)39-33-22-9-10-23-34(33)40-36-25-12-14-27-38(36)50(42(40)41(39)46)32-21-15-20-31(28-32)45-48-43(29-16-5-3-6-17-29)47-44(49-45)30-18-7-4-8-19-30;1-46(2)37-23-13-11-21-35(37)39-33-19-9-10-20-34(33)40-36-22-12-14-24-38(36)50(42(40)41(39)46)32-27-25-31(26-28-32)45-48-43(29-15-5-3-6-16-29)47-44(49-45)30-17-7-4-8-18-30;1-41(2)30-21-11-8-18-27(30)33-25-16-6-7-17-26(25)34-28-19-9-12-22-31(28)44(38(34)36(33)41)40-42-37(24-14-4-3-5-15-24)35-29-20-10-13-23-32(29)45-39(35)43-40/h2*3-28H,1-2H3;3-23H,1-2H3. The predicted molar refractivity (Wildman–Crippen MR) is 601 cm³/mol. The van der Waals surface area contributed by atoms with Crippen LogP contribution in [0.25, 0.3) is 248 Å². The van der Waals surface area contributed by atoms with Gasteiger partial charge in [-0.05, 0) is 160 Å². The van der Waals surface area contributed by atoms with E-state index < -0.39 is 0 Å². The van der Waals surface area contributed by atoms with Gasteiger partial charge >= 0.3 is 0 Å². The highest BCUT2D eigenvalue weighted by Gasteiger charge is 2.45. The van der Waals surface area contributed by atoms with E-state index in [1.165, 1.54) is 169 Å². The summed E-state index contributed by atoms with van der Waals surface area (Å²) in [6.07, 6.45) is 0. The first-order chi connectivity index (χ1) is 71.3. The third-order valence-corrected chi connectivity index (χ3v) is 31.6. The lowest BCUT2D eigenvalue weighted by Gasteiger charge is -2.24. The molecule has 0 aliphatic heterocycles. The van der Waals surface area contributed by atoms with Gasteiger partial charge in [-0.25, -0.2) is 39.9 Å². The Labute approximate surface area is 841 Å². The van der Waals surface area contributed by atoms with Crippen LogP contribution in [0.2, 0.25) is 0 Å². The lowest BCUT2D eigenvalue weighted by molar-refractivity contribution is 0.663. The highest BCUT2D eigenvalue weighted by Crippen LogP contribution is 2.61. The highest BCUT2D eigenvalue weighted by atomic mass is 32.1. The van der Waals surface area contributed by atoms with E-state index in [1.807, 2.05) is 121 Å². The van der Waals surface area contributed by atoms with Crippen LogP contribution >= 0.6 is 11.3 Å². The summed E-state index contributed by atoms with van der Waals surface area (Å²) in [4.78, 5) is 41.8. The van der Waals surface area contributed by atoms with Crippen molar-refractivity contribution in [2.24, 2.45) is 0 Å². The number of fused-ring (bicyclic) bond motifs is 33. The number of hydrogen-bond donors (Lipinski definition) is 0. The Kier molecular flexibility index (Phi) is 19.3. The molecule has 0 N–H and O–H groups in total. The zero-order valence-electron chi connectivity index (χ0n) is 80.5. The first kappa shape index (κ1) is 84.9. The molecule has 7 aromatic heterocycles. The summed E-state index contributed by atoms with van der Waals surface area (Å²) < 4.78 is 8.54. The summed E-state index contributed by atoms with van der Waals surface area (Å²) in [6, 6.07) is 157. The molecule has 0 bridgehead atoms. The van der Waals surface area contributed by atoms with Crippen molar-refractivity contribution in [2.75, 3.05) is 0 Å². The number of thiophene rings is 1. The van der Waals surface area contributed by atoms with Gasteiger partial charge in [0.15, 0.2) is 34.9 Å². The van der Waals surface area contributed by atoms with Crippen LogP contribution < -0.4 is 0 Å². The van der Waals surface area contributed by atoms with Gasteiger partial charge in [0.1, 0.15) is 4.83 Å². The molecule has 684 valence electrons. The first-order valence-corrected chi connectivity index (χ1v) is 50.5. The largest absolute Gasteiger partial charge is 0.309 e. The van der Waals surface area contributed by atoms with Crippen LogP contribution in [0.4, 0.5) is 0 Å². The van der Waals surface area contributed by atoms with Crippen molar-refractivity contribution in [1.82, 2.24) is 53.6 Å². The van der Waals surface area contributed by atoms with Crippen molar-refractivity contribution in [3.8, 4) is 130 Å². The molecule has 3 aliphatic rings.